The molecule has 1 aromatic carbocycles. The first-order chi connectivity index (χ1) is 12.1. The highest BCUT2D eigenvalue weighted by atomic mass is 16.2. The van der Waals surface area contributed by atoms with Crippen LogP contribution >= 0.6 is 0 Å². The van der Waals surface area contributed by atoms with Crippen LogP contribution in [0, 0.1) is 0 Å². The Morgan fingerprint density at radius 3 is 2.64 bits per heavy atom. The van der Waals surface area contributed by atoms with Gasteiger partial charge in [0.2, 0.25) is 0 Å². The van der Waals surface area contributed by atoms with E-state index in [0.29, 0.717) is 12.2 Å². The number of aromatic nitrogens is 3. The van der Waals surface area contributed by atoms with Gasteiger partial charge < -0.3 is 9.47 Å². The summed E-state index contributed by atoms with van der Waals surface area (Å²) < 4.78 is 3.43. The van der Waals surface area contributed by atoms with Crippen LogP contribution in [0.4, 0.5) is 0 Å². The number of carbonyl (C=O) groups is 1. The maximum absolute atomic E-state index is 13.0. The summed E-state index contributed by atoms with van der Waals surface area (Å²) in [5, 5.41) is 4.30. The molecule has 1 aliphatic heterocycles. The number of amides is 1. The van der Waals surface area contributed by atoms with Crippen molar-refractivity contribution in [3.8, 4) is 5.69 Å². The molecular formula is C19H18N4O2. The molecule has 0 aliphatic carbocycles. The van der Waals surface area contributed by atoms with Gasteiger partial charge in [0.1, 0.15) is 5.69 Å². The number of hydrogen-bond acceptors (Lipinski definition) is 3. The lowest BCUT2D eigenvalue weighted by Crippen LogP contribution is -2.41. The van der Waals surface area contributed by atoms with Gasteiger partial charge in [-0.15, -0.1) is 0 Å². The van der Waals surface area contributed by atoms with Crippen LogP contribution in [0.25, 0.3) is 5.69 Å². The Bertz CT molecular complexity index is 974. The van der Waals surface area contributed by atoms with Gasteiger partial charge in [0.05, 0.1) is 11.7 Å². The second-order valence-corrected chi connectivity index (χ2v) is 6.11. The van der Waals surface area contributed by atoms with E-state index in [1.165, 1.54) is 16.8 Å². The molecule has 3 heterocycles. The van der Waals surface area contributed by atoms with Gasteiger partial charge in [-0.25, -0.2) is 0 Å². The van der Waals surface area contributed by atoms with E-state index in [-0.39, 0.29) is 23.2 Å². The molecule has 0 unspecified atom stereocenters. The van der Waals surface area contributed by atoms with Crippen LogP contribution in [0.1, 0.15) is 29.1 Å². The van der Waals surface area contributed by atoms with E-state index in [9.17, 15) is 9.59 Å². The van der Waals surface area contributed by atoms with E-state index in [1.807, 2.05) is 43.5 Å². The summed E-state index contributed by atoms with van der Waals surface area (Å²) in [6, 6.07) is 16.0. The average Bonchev–Trinajstić information content (AvgIpc) is 3.12. The minimum Gasteiger partial charge on any atom is -0.348 e. The van der Waals surface area contributed by atoms with Gasteiger partial charge in [-0.2, -0.15) is 9.78 Å². The van der Waals surface area contributed by atoms with Crippen LogP contribution in [-0.4, -0.2) is 31.7 Å². The molecule has 4 rings (SSSR count). The van der Waals surface area contributed by atoms with Crippen molar-refractivity contribution in [3.63, 3.8) is 0 Å². The first-order valence-corrected chi connectivity index (χ1v) is 8.27. The molecule has 0 saturated carbocycles. The Labute approximate surface area is 144 Å². The second-order valence-electron chi connectivity index (χ2n) is 6.11. The number of benzene rings is 1. The second kappa shape index (κ2) is 6.05. The van der Waals surface area contributed by atoms with Gasteiger partial charge in [0.25, 0.3) is 11.5 Å². The Balaban J connectivity index is 1.69. The maximum Gasteiger partial charge on any atom is 0.274 e. The Hall–Kier alpha value is -3.15. The number of para-hydroxylation sites is 1. The number of fused-ring (bicyclic) bond motifs is 1. The third-order valence-electron chi connectivity index (χ3n) is 4.62. The summed E-state index contributed by atoms with van der Waals surface area (Å²) in [6.07, 6.45) is 2.03. The molecule has 6 nitrogen and oxygen atoms in total. The standard InChI is InChI=1S/C19H18N4O2/c1-14-17-8-5-11-21(17)12-13-22(14)19(25)16-9-10-18(24)23(20-16)15-6-3-2-4-7-15/h2-11,14H,12-13H2,1H3/t14-/m1/s1. The number of hydrogen-bond donors (Lipinski definition) is 0. The predicted octanol–water partition coefficient (Wildman–Crippen LogP) is 2.25. The third kappa shape index (κ3) is 2.65. The molecule has 0 radical (unpaired) electrons. The van der Waals surface area contributed by atoms with Gasteiger partial charge in [0, 0.05) is 31.0 Å². The zero-order valence-corrected chi connectivity index (χ0v) is 13.9. The third-order valence-corrected chi connectivity index (χ3v) is 4.62. The minimum absolute atomic E-state index is 0.0323. The largest absolute Gasteiger partial charge is 0.348 e. The maximum atomic E-state index is 13.0. The molecule has 0 spiro atoms. The molecule has 6 heteroatoms. The van der Waals surface area contributed by atoms with Crippen LogP contribution < -0.4 is 5.56 Å². The summed E-state index contributed by atoms with van der Waals surface area (Å²) >= 11 is 0. The fourth-order valence-electron chi connectivity index (χ4n) is 3.28. The van der Waals surface area contributed by atoms with Crippen molar-refractivity contribution in [1.82, 2.24) is 19.2 Å². The molecule has 0 saturated heterocycles. The van der Waals surface area contributed by atoms with Crippen LogP contribution in [0.5, 0.6) is 0 Å². The zero-order valence-electron chi connectivity index (χ0n) is 13.9. The summed E-state index contributed by atoms with van der Waals surface area (Å²) in [5.74, 6) is -0.162. The lowest BCUT2D eigenvalue weighted by Gasteiger charge is -2.34. The van der Waals surface area contributed by atoms with E-state index in [2.05, 4.69) is 9.67 Å². The molecule has 1 amide bonds. The molecule has 0 fully saturated rings. The molecule has 25 heavy (non-hydrogen) atoms. The normalized spacial score (nSPS) is 16.5. The van der Waals surface area contributed by atoms with E-state index in [4.69, 9.17) is 0 Å². The van der Waals surface area contributed by atoms with Crippen LogP contribution in [0.2, 0.25) is 0 Å². The number of nitrogens with zero attached hydrogens (tertiary/aromatic N) is 4. The van der Waals surface area contributed by atoms with Crippen LogP contribution in [-0.2, 0) is 6.54 Å². The molecule has 1 atom stereocenters. The molecular weight excluding hydrogens is 316 g/mol. The highest BCUT2D eigenvalue weighted by Crippen LogP contribution is 2.26. The molecule has 2 aromatic heterocycles. The van der Waals surface area contributed by atoms with Gasteiger partial charge in [0.15, 0.2) is 0 Å². The SMILES string of the molecule is C[C@@H]1c2cccn2CCN1C(=O)c1ccc(=O)n(-c2ccccc2)n1. The highest BCUT2D eigenvalue weighted by molar-refractivity contribution is 5.92. The lowest BCUT2D eigenvalue weighted by atomic mass is 10.1. The van der Waals surface area contributed by atoms with Crippen molar-refractivity contribution < 1.29 is 4.79 Å². The first kappa shape index (κ1) is 15.4. The van der Waals surface area contributed by atoms with Crippen LogP contribution in [0.3, 0.4) is 0 Å². The van der Waals surface area contributed by atoms with Crippen molar-refractivity contribution in [2.45, 2.75) is 19.5 Å². The average molecular weight is 334 g/mol. The van der Waals surface area contributed by atoms with E-state index in [0.717, 1.165) is 12.2 Å². The zero-order chi connectivity index (χ0) is 17.4. The Morgan fingerprint density at radius 1 is 1.04 bits per heavy atom. The van der Waals surface area contributed by atoms with Crippen molar-refractivity contribution >= 4 is 5.91 Å². The van der Waals surface area contributed by atoms with E-state index >= 15 is 0 Å². The Morgan fingerprint density at radius 2 is 1.84 bits per heavy atom. The lowest BCUT2D eigenvalue weighted by molar-refractivity contribution is 0.0636. The number of carbonyl (C=O) groups excluding carboxylic acids is 1. The molecule has 0 N–H and O–H groups in total. The summed E-state index contributed by atoms with van der Waals surface area (Å²) in [5.41, 5.74) is 1.76. The molecule has 1 aliphatic rings. The monoisotopic (exact) mass is 334 g/mol. The fourth-order valence-corrected chi connectivity index (χ4v) is 3.28. The minimum atomic E-state index is -0.261. The summed E-state index contributed by atoms with van der Waals surface area (Å²) in [6.45, 7) is 3.39. The summed E-state index contributed by atoms with van der Waals surface area (Å²) in [7, 11) is 0. The van der Waals surface area contributed by atoms with Crippen molar-refractivity contribution in [1.29, 1.82) is 0 Å². The fraction of sp³-hybridized carbons (Fsp3) is 0.211. The van der Waals surface area contributed by atoms with Gasteiger partial charge in [-0.3, -0.25) is 9.59 Å². The molecule has 0 bridgehead atoms. The Kier molecular flexibility index (Phi) is 3.72. The predicted molar refractivity (Wildman–Crippen MR) is 93.7 cm³/mol. The topological polar surface area (TPSA) is 60.1 Å². The molecule has 126 valence electrons. The van der Waals surface area contributed by atoms with Crippen LogP contribution in [0.15, 0.2) is 65.6 Å². The van der Waals surface area contributed by atoms with Gasteiger partial charge in [-0.1, -0.05) is 18.2 Å². The van der Waals surface area contributed by atoms with E-state index in [1.54, 1.807) is 17.0 Å². The summed E-state index contributed by atoms with van der Waals surface area (Å²) in [4.78, 5) is 26.9. The molecule has 3 aromatic rings. The van der Waals surface area contributed by atoms with Gasteiger partial charge >= 0.3 is 0 Å². The van der Waals surface area contributed by atoms with E-state index < -0.39 is 0 Å². The first-order valence-electron chi connectivity index (χ1n) is 8.27. The van der Waals surface area contributed by atoms with Crippen molar-refractivity contribution in [2.75, 3.05) is 6.54 Å². The van der Waals surface area contributed by atoms with Crippen molar-refractivity contribution in [2.24, 2.45) is 0 Å². The quantitative estimate of drug-likeness (QED) is 0.722. The number of rotatable bonds is 2. The smallest absolute Gasteiger partial charge is 0.274 e. The van der Waals surface area contributed by atoms with Gasteiger partial charge in [-0.05, 0) is 37.3 Å². The highest BCUT2D eigenvalue weighted by Gasteiger charge is 2.29. The van der Waals surface area contributed by atoms with Crippen molar-refractivity contribution in [3.05, 3.63) is 82.5 Å².